The third kappa shape index (κ3) is 3.70. The summed E-state index contributed by atoms with van der Waals surface area (Å²) in [7, 11) is 0. The van der Waals surface area contributed by atoms with Crippen LogP contribution in [0, 0.1) is 5.92 Å². The normalized spacial score (nSPS) is 20.1. The first-order chi connectivity index (χ1) is 8.83. The minimum atomic E-state index is -0.00982. The van der Waals surface area contributed by atoms with Crippen molar-refractivity contribution in [3.63, 3.8) is 0 Å². The predicted molar refractivity (Wildman–Crippen MR) is 73.4 cm³/mol. The Kier molecular flexibility index (Phi) is 4.82. The number of nitrogens with one attached hydrogen (secondary N) is 1. The van der Waals surface area contributed by atoms with E-state index in [1.807, 2.05) is 4.90 Å². The molecule has 1 amide bonds. The van der Waals surface area contributed by atoms with E-state index >= 15 is 0 Å². The Morgan fingerprint density at radius 2 is 2.11 bits per heavy atom. The van der Waals surface area contributed by atoms with Crippen molar-refractivity contribution in [1.82, 2.24) is 15.4 Å². The molecule has 1 N–H and O–H groups in total. The van der Waals surface area contributed by atoms with Gasteiger partial charge in [0.25, 0.3) is 5.91 Å². The van der Waals surface area contributed by atoms with E-state index in [1.54, 1.807) is 6.07 Å². The topological polar surface area (TPSA) is 58.4 Å². The lowest BCUT2D eigenvalue weighted by atomic mass is 10.0. The van der Waals surface area contributed by atoms with Gasteiger partial charge in [-0.05, 0) is 38.1 Å². The number of hydrogen-bond donors (Lipinski definition) is 1. The number of nitrogens with zero attached hydrogens (tertiary/aromatic N) is 2. The Morgan fingerprint density at radius 1 is 1.37 bits per heavy atom. The highest BCUT2D eigenvalue weighted by Crippen LogP contribution is 2.28. The summed E-state index contributed by atoms with van der Waals surface area (Å²) in [6.07, 6.45) is 6.29. The maximum atomic E-state index is 12.0. The van der Waals surface area contributed by atoms with E-state index in [0.717, 1.165) is 38.4 Å². The van der Waals surface area contributed by atoms with Gasteiger partial charge in [-0.1, -0.05) is 5.16 Å². The minimum Gasteiger partial charge on any atom is -0.364 e. The number of halogens is 1. The zero-order valence-electron chi connectivity index (χ0n) is 10.9. The minimum absolute atomic E-state index is 0. The van der Waals surface area contributed by atoms with Crippen molar-refractivity contribution >= 4 is 18.3 Å². The summed E-state index contributed by atoms with van der Waals surface area (Å²) in [4.78, 5) is 13.9. The maximum Gasteiger partial charge on any atom is 0.276 e. The molecule has 1 aliphatic carbocycles. The molecule has 1 aromatic rings. The summed E-state index contributed by atoms with van der Waals surface area (Å²) < 4.78 is 4.71. The highest BCUT2D eigenvalue weighted by Gasteiger charge is 2.27. The van der Waals surface area contributed by atoms with E-state index < -0.39 is 0 Å². The molecule has 1 saturated heterocycles. The van der Waals surface area contributed by atoms with E-state index in [-0.39, 0.29) is 18.3 Å². The van der Waals surface area contributed by atoms with Crippen LogP contribution >= 0.6 is 12.4 Å². The molecule has 5 nitrogen and oxygen atoms in total. The third-order valence-electron chi connectivity index (χ3n) is 3.83. The number of carbonyl (C=O) groups excluding carboxylic acids is 1. The van der Waals surface area contributed by atoms with Gasteiger partial charge in [0, 0.05) is 25.2 Å². The van der Waals surface area contributed by atoms with Gasteiger partial charge in [-0.2, -0.15) is 0 Å². The first kappa shape index (κ1) is 14.3. The second kappa shape index (κ2) is 6.39. The monoisotopic (exact) mass is 285 g/mol. The van der Waals surface area contributed by atoms with Gasteiger partial charge in [-0.15, -0.1) is 12.4 Å². The lowest BCUT2D eigenvalue weighted by Crippen LogP contribution is -2.45. The fourth-order valence-corrected chi connectivity index (χ4v) is 2.43. The summed E-state index contributed by atoms with van der Waals surface area (Å²) in [5.41, 5.74) is 0.416. The summed E-state index contributed by atoms with van der Waals surface area (Å²) in [6.45, 7) is 2.78. The van der Waals surface area contributed by atoms with Gasteiger partial charge in [0.15, 0.2) is 5.69 Å². The van der Waals surface area contributed by atoms with Gasteiger partial charge in [-0.25, -0.2) is 0 Å². The maximum absolute atomic E-state index is 12.0. The zero-order valence-corrected chi connectivity index (χ0v) is 11.7. The van der Waals surface area contributed by atoms with E-state index in [2.05, 4.69) is 10.5 Å². The molecule has 0 unspecified atom stereocenters. The van der Waals surface area contributed by atoms with Crippen LogP contribution in [0.3, 0.4) is 0 Å². The third-order valence-corrected chi connectivity index (χ3v) is 3.83. The SMILES string of the molecule is Cl.O=C(c1ccon1)N1CCC(NCC2CC2)CC1. The number of amides is 1. The van der Waals surface area contributed by atoms with Crippen LogP contribution in [-0.2, 0) is 0 Å². The summed E-state index contributed by atoms with van der Waals surface area (Å²) in [6, 6.07) is 2.20. The summed E-state index contributed by atoms with van der Waals surface area (Å²) >= 11 is 0. The summed E-state index contributed by atoms with van der Waals surface area (Å²) in [5, 5.41) is 7.30. The molecule has 0 aromatic carbocycles. The average Bonchev–Trinajstić information content (AvgIpc) is 3.08. The first-order valence-corrected chi connectivity index (χ1v) is 6.76. The van der Waals surface area contributed by atoms with Crippen LogP contribution in [0.15, 0.2) is 16.9 Å². The molecule has 1 aromatic heterocycles. The van der Waals surface area contributed by atoms with Crippen molar-refractivity contribution in [3.8, 4) is 0 Å². The van der Waals surface area contributed by atoms with E-state index in [1.165, 1.54) is 19.1 Å². The molecule has 2 aliphatic rings. The molecule has 1 saturated carbocycles. The van der Waals surface area contributed by atoms with Crippen LogP contribution in [0.2, 0.25) is 0 Å². The van der Waals surface area contributed by atoms with E-state index in [9.17, 15) is 4.79 Å². The smallest absolute Gasteiger partial charge is 0.276 e. The molecule has 0 spiro atoms. The molecular weight excluding hydrogens is 266 g/mol. The predicted octanol–water partition coefficient (Wildman–Crippen LogP) is 1.70. The number of carbonyl (C=O) groups is 1. The standard InChI is InChI=1S/C13H19N3O2.ClH/c17-13(12-5-8-18-15-12)16-6-3-11(4-7-16)14-9-10-1-2-10;/h5,8,10-11,14H,1-4,6-7,9H2;1H. The van der Waals surface area contributed by atoms with Crippen molar-refractivity contribution in [2.24, 2.45) is 5.92 Å². The van der Waals surface area contributed by atoms with Crippen LogP contribution in [0.4, 0.5) is 0 Å². The Bertz CT molecular complexity index is 398. The molecule has 19 heavy (non-hydrogen) atoms. The first-order valence-electron chi connectivity index (χ1n) is 6.76. The van der Waals surface area contributed by atoms with Gasteiger partial charge in [0.1, 0.15) is 6.26 Å². The van der Waals surface area contributed by atoms with Gasteiger partial charge in [-0.3, -0.25) is 4.79 Å². The average molecular weight is 286 g/mol. The molecular formula is C13H20ClN3O2. The van der Waals surface area contributed by atoms with E-state index in [0.29, 0.717) is 11.7 Å². The molecule has 0 atom stereocenters. The number of piperidine rings is 1. The van der Waals surface area contributed by atoms with Crippen LogP contribution in [0.1, 0.15) is 36.2 Å². The fraction of sp³-hybridized carbons (Fsp3) is 0.692. The molecule has 0 bridgehead atoms. The lowest BCUT2D eigenvalue weighted by Gasteiger charge is -2.32. The Hall–Kier alpha value is -1.07. The molecule has 2 fully saturated rings. The second-order valence-corrected chi connectivity index (χ2v) is 5.30. The quantitative estimate of drug-likeness (QED) is 0.915. The molecule has 106 valence electrons. The number of rotatable bonds is 4. The highest BCUT2D eigenvalue weighted by molar-refractivity contribution is 5.92. The molecule has 2 heterocycles. The van der Waals surface area contributed by atoms with Crippen LogP contribution in [-0.4, -0.2) is 41.6 Å². The van der Waals surface area contributed by atoms with Crippen LogP contribution in [0.5, 0.6) is 0 Å². The van der Waals surface area contributed by atoms with Crippen molar-refractivity contribution < 1.29 is 9.32 Å². The summed E-state index contributed by atoms with van der Waals surface area (Å²) in [5.74, 6) is 0.907. The molecule has 1 aliphatic heterocycles. The van der Waals surface area contributed by atoms with Crippen LogP contribution in [0.25, 0.3) is 0 Å². The zero-order chi connectivity index (χ0) is 12.4. The van der Waals surface area contributed by atoms with Gasteiger partial charge >= 0.3 is 0 Å². The van der Waals surface area contributed by atoms with Crippen molar-refractivity contribution in [1.29, 1.82) is 0 Å². The Balaban J connectivity index is 0.00000133. The molecule has 6 heteroatoms. The van der Waals surface area contributed by atoms with Crippen molar-refractivity contribution in [2.75, 3.05) is 19.6 Å². The number of aromatic nitrogens is 1. The van der Waals surface area contributed by atoms with Crippen LogP contribution < -0.4 is 5.32 Å². The molecule has 0 radical (unpaired) electrons. The fourth-order valence-electron chi connectivity index (χ4n) is 2.43. The van der Waals surface area contributed by atoms with Crippen molar-refractivity contribution in [2.45, 2.75) is 31.7 Å². The highest BCUT2D eigenvalue weighted by atomic mass is 35.5. The number of hydrogen-bond acceptors (Lipinski definition) is 4. The van der Waals surface area contributed by atoms with Gasteiger partial charge in [0.05, 0.1) is 0 Å². The van der Waals surface area contributed by atoms with Gasteiger partial charge < -0.3 is 14.7 Å². The second-order valence-electron chi connectivity index (χ2n) is 5.30. The van der Waals surface area contributed by atoms with E-state index in [4.69, 9.17) is 4.52 Å². The van der Waals surface area contributed by atoms with Gasteiger partial charge in [0.2, 0.25) is 0 Å². The largest absolute Gasteiger partial charge is 0.364 e. The Labute approximate surface area is 119 Å². The molecule has 3 rings (SSSR count). The Morgan fingerprint density at radius 3 is 2.68 bits per heavy atom. The lowest BCUT2D eigenvalue weighted by molar-refractivity contribution is 0.0694. The van der Waals surface area contributed by atoms with Crippen molar-refractivity contribution in [3.05, 3.63) is 18.0 Å². The number of likely N-dealkylation sites (tertiary alicyclic amines) is 1.